The summed E-state index contributed by atoms with van der Waals surface area (Å²) in [5, 5.41) is 2.79. The van der Waals surface area contributed by atoms with Crippen LogP contribution in [0.5, 0.6) is 0 Å². The number of hydrogen-bond donors (Lipinski definition) is 1. The number of carbonyl (C=O) groups excluding carboxylic acids is 3. The molecule has 1 saturated heterocycles. The van der Waals surface area contributed by atoms with Crippen LogP contribution in [0.1, 0.15) is 12.5 Å². The van der Waals surface area contributed by atoms with Crippen LogP contribution in [0.3, 0.4) is 0 Å². The largest absolute Gasteiger partial charge is 0.324 e. The fraction of sp³-hybridized carbons (Fsp3) is 0.250. The molecule has 0 radical (unpaired) electrons. The van der Waals surface area contributed by atoms with Crippen molar-refractivity contribution in [3.8, 4) is 0 Å². The lowest BCUT2D eigenvalue weighted by Gasteiger charge is -2.33. The number of nitrogens with zero attached hydrogens (tertiary/aromatic N) is 2. The third kappa shape index (κ3) is 4.13. The van der Waals surface area contributed by atoms with E-state index in [-0.39, 0.29) is 25.5 Å². The fourth-order valence-corrected chi connectivity index (χ4v) is 3.01. The van der Waals surface area contributed by atoms with Crippen molar-refractivity contribution in [2.75, 3.05) is 29.9 Å². The maximum absolute atomic E-state index is 13.0. The average Bonchev–Trinajstić information content (AvgIpc) is 2.67. The van der Waals surface area contributed by atoms with Crippen molar-refractivity contribution in [1.29, 1.82) is 0 Å². The molecule has 6 nitrogen and oxygen atoms in total. The Kier molecular flexibility index (Phi) is 5.49. The Hall–Kier alpha value is -3.22. The van der Waals surface area contributed by atoms with Crippen molar-refractivity contribution in [1.82, 2.24) is 4.90 Å². The van der Waals surface area contributed by atoms with Gasteiger partial charge >= 0.3 is 11.8 Å². The molecule has 0 aliphatic carbocycles. The molecule has 140 valence electrons. The molecule has 1 aliphatic heterocycles. The van der Waals surface area contributed by atoms with E-state index in [0.29, 0.717) is 11.4 Å². The average molecular weight is 369 g/mol. The Balaban J connectivity index is 1.64. The third-order valence-electron chi connectivity index (χ3n) is 4.45. The number of halogens is 1. The quantitative estimate of drug-likeness (QED) is 0.822. The number of amides is 3. The first-order chi connectivity index (χ1) is 13.0. The van der Waals surface area contributed by atoms with Gasteiger partial charge in [-0.1, -0.05) is 25.1 Å². The van der Waals surface area contributed by atoms with E-state index in [1.165, 1.54) is 34.1 Å². The van der Waals surface area contributed by atoms with Gasteiger partial charge in [0.1, 0.15) is 12.4 Å². The Morgan fingerprint density at radius 3 is 2.44 bits per heavy atom. The van der Waals surface area contributed by atoms with E-state index in [9.17, 15) is 18.8 Å². The number of nitrogens with one attached hydrogen (secondary N) is 1. The molecule has 0 atom stereocenters. The van der Waals surface area contributed by atoms with Crippen LogP contribution >= 0.6 is 0 Å². The molecular formula is C20H20FN3O3. The molecule has 0 bridgehead atoms. The maximum atomic E-state index is 13.0. The summed E-state index contributed by atoms with van der Waals surface area (Å²) in [6, 6.07) is 12.8. The highest BCUT2D eigenvalue weighted by atomic mass is 19.1. The third-order valence-corrected chi connectivity index (χ3v) is 4.45. The maximum Gasteiger partial charge on any atom is 0.316 e. The second kappa shape index (κ2) is 7.99. The van der Waals surface area contributed by atoms with E-state index < -0.39 is 17.6 Å². The van der Waals surface area contributed by atoms with E-state index in [1.54, 1.807) is 6.07 Å². The summed E-state index contributed by atoms with van der Waals surface area (Å²) in [6.07, 6.45) is 0.768. The van der Waals surface area contributed by atoms with Gasteiger partial charge in [-0.25, -0.2) is 4.39 Å². The Morgan fingerprint density at radius 1 is 1.04 bits per heavy atom. The van der Waals surface area contributed by atoms with Gasteiger partial charge in [0.2, 0.25) is 5.91 Å². The molecule has 0 unspecified atom stereocenters. The smallest absolute Gasteiger partial charge is 0.316 e. The van der Waals surface area contributed by atoms with Crippen LogP contribution in [0.25, 0.3) is 0 Å². The molecule has 7 heteroatoms. The number of hydrogen-bond acceptors (Lipinski definition) is 3. The summed E-state index contributed by atoms with van der Waals surface area (Å²) in [4.78, 5) is 39.6. The monoisotopic (exact) mass is 369 g/mol. The lowest BCUT2D eigenvalue weighted by Crippen LogP contribution is -2.56. The van der Waals surface area contributed by atoms with Gasteiger partial charge in [-0.05, 0) is 42.3 Å². The van der Waals surface area contributed by atoms with E-state index in [1.807, 2.05) is 25.1 Å². The zero-order valence-corrected chi connectivity index (χ0v) is 14.9. The SMILES string of the molecule is CCc1ccccc1NC(=O)CN1CCN(c2ccc(F)cc2)C(=O)C1=O. The molecule has 1 heterocycles. The van der Waals surface area contributed by atoms with Crippen LogP contribution in [0, 0.1) is 5.82 Å². The molecule has 0 saturated carbocycles. The molecule has 1 N–H and O–H groups in total. The van der Waals surface area contributed by atoms with Gasteiger partial charge in [0, 0.05) is 24.5 Å². The Morgan fingerprint density at radius 2 is 1.74 bits per heavy atom. The molecular weight excluding hydrogens is 349 g/mol. The van der Waals surface area contributed by atoms with Gasteiger partial charge in [0.15, 0.2) is 0 Å². The molecule has 2 aromatic rings. The summed E-state index contributed by atoms with van der Waals surface area (Å²) < 4.78 is 13.0. The second-order valence-corrected chi connectivity index (χ2v) is 6.22. The number of piperazine rings is 1. The highest BCUT2D eigenvalue weighted by molar-refractivity contribution is 6.41. The molecule has 3 rings (SSSR count). The zero-order valence-electron chi connectivity index (χ0n) is 14.9. The molecule has 1 fully saturated rings. The normalized spacial score (nSPS) is 14.4. The number of rotatable bonds is 5. The van der Waals surface area contributed by atoms with Crippen LogP contribution in [-0.2, 0) is 20.8 Å². The number of para-hydroxylation sites is 1. The van der Waals surface area contributed by atoms with E-state index in [0.717, 1.165) is 12.0 Å². The van der Waals surface area contributed by atoms with Gasteiger partial charge in [-0.15, -0.1) is 0 Å². The number of carbonyl (C=O) groups is 3. The van der Waals surface area contributed by atoms with Gasteiger partial charge in [-0.2, -0.15) is 0 Å². The molecule has 0 aromatic heterocycles. The predicted octanol–water partition coefficient (Wildman–Crippen LogP) is 2.20. The van der Waals surface area contributed by atoms with E-state index >= 15 is 0 Å². The topological polar surface area (TPSA) is 69.7 Å². The summed E-state index contributed by atoms with van der Waals surface area (Å²) in [6.45, 7) is 2.27. The van der Waals surface area contributed by atoms with Crippen LogP contribution in [0.15, 0.2) is 48.5 Å². The van der Waals surface area contributed by atoms with Gasteiger partial charge in [0.05, 0.1) is 0 Å². The summed E-state index contributed by atoms with van der Waals surface area (Å²) in [5.74, 6) is -2.24. The molecule has 1 aliphatic rings. The van der Waals surface area contributed by atoms with Gasteiger partial charge in [-0.3, -0.25) is 14.4 Å². The van der Waals surface area contributed by atoms with Crippen molar-refractivity contribution in [2.24, 2.45) is 0 Å². The predicted molar refractivity (Wildman–Crippen MR) is 99.8 cm³/mol. The standard InChI is InChI=1S/C20H20FN3O3/c1-2-14-5-3-4-6-17(14)22-18(25)13-23-11-12-24(20(27)19(23)26)16-9-7-15(21)8-10-16/h3-10H,2,11-13H2,1H3,(H,22,25). The van der Waals surface area contributed by atoms with Crippen molar-refractivity contribution < 1.29 is 18.8 Å². The first-order valence-corrected chi connectivity index (χ1v) is 8.73. The Bertz CT molecular complexity index is 867. The number of anilines is 2. The van der Waals surface area contributed by atoms with Crippen LogP contribution in [-0.4, -0.2) is 42.3 Å². The summed E-state index contributed by atoms with van der Waals surface area (Å²) in [7, 11) is 0. The van der Waals surface area contributed by atoms with Crippen LogP contribution < -0.4 is 10.2 Å². The number of aryl methyl sites for hydroxylation is 1. The minimum atomic E-state index is -0.746. The highest BCUT2D eigenvalue weighted by Gasteiger charge is 2.34. The molecule has 27 heavy (non-hydrogen) atoms. The van der Waals surface area contributed by atoms with E-state index in [4.69, 9.17) is 0 Å². The van der Waals surface area contributed by atoms with Crippen molar-refractivity contribution >= 4 is 29.1 Å². The minimum absolute atomic E-state index is 0.195. The second-order valence-electron chi connectivity index (χ2n) is 6.22. The summed E-state index contributed by atoms with van der Waals surface area (Å²) >= 11 is 0. The van der Waals surface area contributed by atoms with Crippen molar-refractivity contribution in [3.63, 3.8) is 0 Å². The fourth-order valence-electron chi connectivity index (χ4n) is 3.01. The van der Waals surface area contributed by atoms with Crippen LogP contribution in [0.4, 0.5) is 15.8 Å². The first kappa shape index (κ1) is 18.6. The van der Waals surface area contributed by atoms with Crippen LogP contribution in [0.2, 0.25) is 0 Å². The molecule has 0 spiro atoms. The lowest BCUT2D eigenvalue weighted by molar-refractivity contribution is -0.147. The van der Waals surface area contributed by atoms with Crippen molar-refractivity contribution in [2.45, 2.75) is 13.3 Å². The zero-order chi connectivity index (χ0) is 19.4. The van der Waals surface area contributed by atoms with Gasteiger partial charge in [0.25, 0.3) is 0 Å². The lowest BCUT2D eigenvalue weighted by atomic mass is 10.1. The molecule has 3 amide bonds. The summed E-state index contributed by atoms with van der Waals surface area (Å²) in [5.41, 5.74) is 2.15. The number of benzene rings is 2. The van der Waals surface area contributed by atoms with Crippen molar-refractivity contribution in [3.05, 3.63) is 59.9 Å². The highest BCUT2D eigenvalue weighted by Crippen LogP contribution is 2.19. The minimum Gasteiger partial charge on any atom is -0.324 e. The molecule has 2 aromatic carbocycles. The Labute approximate surface area is 156 Å². The van der Waals surface area contributed by atoms with Gasteiger partial charge < -0.3 is 15.1 Å². The van der Waals surface area contributed by atoms with E-state index in [2.05, 4.69) is 5.32 Å². The first-order valence-electron chi connectivity index (χ1n) is 8.73.